The van der Waals surface area contributed by atoms with Crippen LogP contribution in [0.5, 0.6) is 40.2 Å². The van der Waals surface area contributed by atoms with Gasteiger partial charge in [-0.2, -0.15) is 0 Å². The van der Waals surface area contributed by atoms with E-state index in [0.717, 1.165) is 23.8 Å². The minimum atomic E-state index is -1.86. The molecule has 1 saturated heterocycles. The van der Waals surface area contributed by atoms with Gasteiger partial charge >= 0.3 is 11.9 Å². The van der Waals surface area contributed by atoms with Crippen LogP contribution in [0.15, 0.2) is 48.5 Å². The van der Waals surface area contributed by atoms with Crippen molar-refractivity contribution in [3.8, 4) is 40.2 Å². The highest BCUT2D eigenvalue weighted by Crippen LogP contribution is 2.46. The van der Waals surface area contributed by atoms with Gasteiger partial charge < -0.3 is 64.2 Å². The summed E-state index contributed by atoms with van der Waals surface area (Å²) < 4.78 is 32.0. The highest BCUT2D eigenvalue weighted by atomic mass is 16.7. The number of phenols is 3. The summed E-state index contributed by atoms with van der Waals surface area (Å²) in [5, 5.41) is 71.9. The normalized spacial score (nSPS) is 21.0. The molecule has 15 heteroatoms. The summed E-state index contributed by atoms with van der Waals surface area (Å²) in [6, 6.07) is 12.1. The summed E-state index contributed by atoms with van der Waals surface area (Å²) in [4.78, 5) is 24.3. The number of hydrogen-bond donors (Lipinski definition) is 7. The van der Waals surface area contributed by atoms with Crippen LogP contribution in [0.1, 0.15) is 26.3 Å². The third-order valence-electron chi connectivity index (χ3n) is 6.92. The van der Waals surface area contributed by atoms with Crippen LogP contribution in [0.25, 0.3) is 0 Å². The molecule has 7 N–H and O–H groups in total. The third kappa shape index (κ3) is 7.24. The minimum absolute atomic E-state index is 0.0259. The smallest absolute Gasteiger partial charge is 0.342 e. The number of carboxylic acids is 1. The molecule has 242 valence electrons. The Hall–Kier alpha value is -4.96. The lowest BCUT2D eigenvalue weighted by atomic mass is 9.99. The summed E-state index contributed by atoms with van der Waals surface area (Å²) in [5.74, 6) is -5.66. The van der Waals surface area contributed by atoms with Crippen molar-refractivity contribution in [3.63, 3.8) is 0 Å². The predicted octanol–water partition coefficient (Wildman–Crippen LogP) is 1.18. The van der Waals surface area contributed by atoms with Gasteiger partial charge in [0.15, 0.2) is 23.0 Å². The Labute approximate surface area is 255 Å². The van der Waals surface area contributed by atoms with Gasteiger partial charge in [0.2, 0.25) is 17.8 Å². The molecule has 5 atom stereocenters. The number of phenolic OH excluding ortho intramolecular Hbond substituents is 2. The van der Waals surface area contributed by atoms with Crippen molar-refractivity contribution in [2.45, 2.75) is 37.1 Å². The third-order valence-corrected chi connectivity index (χ3v) is 6.92. The number of carbonyl (C=O) groups is 2. The van der Waals surface area contributed by atoms with Crippen LogP contribution >= 0.6 is 0 Å². The van der Waals surface area contributed by atoms with E-state index in [9.17, 15) is 45.3 Å². The van der Waals surface area contributed by atoms with Crippen molar-refractivity contribution < 1.29 is 73.8 Å². The number of aliphatic hydroxyl groups is 3. The Morgan fingerprint density at radius 2 is 1.49 bits per heavy atom. The second kappa shape index (κ2) is 14.2. The van der Waals surface area contributed by atoms with Gasteiger partial charge in [0.1, 0.15) is 47.9 Å². The molecule has 3 aromatic rings. The molecule has 0 amide bonds. The summed E-state index contributed by atoms with van der Waals surface area (Å²) in [5.41, 5.74) is -0.0349. The number of ether oxygens (including phenoxy) is 6. The Bertz CT molecular complexity index is 1510. The molecule has 0 saturated carbocycles. The van der Waals surface area contributed by atoms with Crippen LogP contribution in [0.4, 0.5) is 0 Å². The van der Waals surface area contributed by atoms with E-state index in [1.165, 1.54) is 14.2 Å². The van der Waals surface area contributed by atoms with E-state index in [1.807, 2.05) is 30.3 Å². The molecule has 4 rings (SSSR count). The molecule has 1 aliphatic rings. The van der Waals surface area contributed by atoms with E-state index in [4.69, 9.17) is 28.4 Å². The highest BCUT2D eigenvalue weighted by Gasteiger charge is 2.46. The van der Waals surface area contributed by atoms with Crippen LogP contribution in [-0.4, -0.2) is 106 Å². The number of aromatic hydroxyl groups is 3. The van der Waals surface area contributed by atoms with Crippen molar-refractivity contribution in [1.29, 1.82) is 0 Å². The molecule has 0 aliphatic carbocycles. The molecule has 1 aliphatic heterocycles. The second-order valence-electron chi connectivity index (χ2n) is 9.79. The molecule has 1 fully saturated rings. The molecule has 3 aromatic carbocycles. The standard InChI is InChI=1S/C30H32O15/c1-40-18-10-15(28(37)38)17(31)12-19(18)44-30-26(36)25(35)23(33)21(45-30)13-43-29(39)16-11-20(41-2)24(34)27(22(16)32)42-9-8-14-6-4-3-5-7-14/h3-7,10-12,21,23,25-26,30-36H,8-9,13H2,1-2H3,(H,37,38)/t21-,23-,25+,26-,30+/m1/s1. The Morgan fingerprint density at radius 3 is 2.13 bits per heavy atom. The summed E-state index contributed by atoms with van der Waals surface area (Å²) in [7, 11) is 2.41. The number of aliphatic hydroxyl groups excluding tert-OH is 3. The fourth-order valence-corrected chi connectivity index (χ4v) is 4.46. The number of hydrogen-bond acceptors (Lipinski definition) is 14. The zero-order valence-electron chi connectivity index (χ0n) is 24.0. The number of methoxy groups -OCH3 is 2. The fraction of sp³-hybridized carbons (Fsp3) is 0.333. The van der Waals surface area contributed by atoms with E-state index < -0.39 is 83.4 Å². The van der Waals surface area contributed by atoms with E-state index in [1.54, 1.807) is 0 Å². The molecule has 15 nitrogen and oxygen atoms in total. The van der Waals surface area contributed by atoms with Crippen LogP contribution < -0.4 is 18.9 Å². The zero-order valence-corrected chi connectivity index (χ0v) is 24.0. The van der Waals surface area contributed by atoms with E-state index in [0.29, 0.717) is 6.42 Å². The number of rotatable bonds is 12. The first-order valence-corrected chi connectivity index (χ1v) is 13.4. The van der Waals surface area contributed by atoms with Gasteiger partial charge in [-0.1, -0.05) is 30.3 Å². The summed E-state index contributed by atoms with van der Waals surface area (Å²) in [6.07, 6.45) is -8.28. The Kier molecular flexibility index (Phi) is 10.4. The van der Waals surface area contributed by atoms with Gasteiger partial charge in [-0.15, -0.1) is 0 Å². The number of benzene rings is 3. The van der Waals surface area contributed by atoms with Crippen LogP contribution in [0, 0.1) is 0 Å². The summed E-state index contributed by atoms with van der Waals surface area (Å²) in [6.45, 7) is -0.700. The molecular formula is C30H32O15. The largest absolute Gasteiger partial charge is 0.507 e. The lowest BCUT2D eigenvalue weighted by Crippen LogP contribution is -2.60. The first kappa shape index (κ1) is 32.9. The van der Waals surface area contributed by atoms with E-state index in [-0.39, 0.29) is 23.9 Å². The van der Waals surface area contributed by atoms with Crippen molar-refractivity contribution in [1.82, 2.24) is 0 Å². The number of esters is 1. The molecular weight excluding hydrogens is 600 g/mol. The first-order valence-electron chi connectivity index (χ1n) is 13.4. The van der Waals surface area contributed by atoms with Gasteiger partial charge in [-0.25, -0.2) is 9.59 Å². The molecule has 45 heavy (non-hydrogen) atoms. The molecule has 0 aromatic heterocycles. The quantitative estimate of drug-likeness (QED) is 0.139. The van der Waals surface area contributed by atoms with Crippen molar-refractivity contribution in [2.24, 2.45) is 0 Å². The highest BCUT2D eigenvalue weighted by molar-refractivity contribution is 5.95. The number of carboxylic acid groups (broad SMARTS) is 1. The van der Waals surface area contributed by atoms with Crippen LogP contribution in [0.2, 0.25) is 0 Å². The average Bonchev–Trinajstić information content (AvgIpc) is 3.02. The van der Waals surface area contributed by atoms with Crippen molar-refractivity contribution in [3.05, 3.63) is 65.2 Å². The predicted molar refractivity (Wildman–Crippen MR) is 151 cm³/mol. The zero-order chi connectivity index (χ0) is 32.8. The monoisotopic (exact) mass is 632 g/mol. The Balaban J connectivity index is 1.48. The first-order chi connectivity index (χ1) is 21.5. The molecule has 0 bridgehead atoms. The molecule has 0 radical (unpaired) electrons. The minimum Gasteiger partial charge on any atom is -0.507 e. The van der Waals surface area contributed by atoms with Gasteiger partial charge in [-0.3, -0.25) is 0 Å². The molecule has 1 heterocycles. The van der Waals surface area contributed by atoms with Crippen molar-refractivity contribution >= 4 is 11.9 Å². The second-order valence-corrected chi connectivity index (χ2v) is 9.79. The fourth-order valence-electron chi connectivity index (χ4n) is 4.46. The maximum absolute atomic E-state index is 13.0. The average molecular weight is 633 g/mol. The van der Waals surface area contributed by atoms with Gasteiger partial charge in [0.05, 0.1) is 20.8 Å². The maximum Gasteiger partial charge on any atom is 0.342 e. The number of aromatic carboxylic acids is 1. The topological polar surface area (TPSA) is 231 Å². The van der Waals surface area contributed by atoms with Gasteiger partial charge in [-0.05, 0) is 5.56 Å². The molecule has 0 spiro atoms. The maximum atomic E-state index is 13.0. The van der Waals surface area contributed by atoms with E-state index >= 15 is 0 Å². The lowest BCUT2D eigenvalue weighted by molar-refractivity contribution is -0.277. The van der Waals surface area contributed by atoms with Gasteiger partial charge in [0.25, 0.3) is 0 Å². The SMILES string of the molecule is COc1cc(C(=O)O)c(O)cc1O[C@H]1O[C@H](COC(=O)c2cc(OC)c(O)c(OCCc3ccccc3)c2O)[C@@H](O)[C@H](O)[C@H]1O. The van der Waals surface area contributed by atoms with Crippen LogP contribution in [0.3, 0.4) is 0 Å². The van der Waals surface area contributed by atoms with Crippen LogP contribution in [-0.2, 0) is 15.9 Å². The van der Waals surface area contributed by atoms with E-state index in [2.05, 4.69) is 0 Å². The lowest BCUT2D eigenvalue weighted by Gasteiger charge is -2.40. The van der Waals surface area contributed by atoms with Crippen molar-refractivity contribution in [2.75, 3.05) is 27.4 Å². The number of carbonyl (C=O) groups excluding carboxylic acids is 1. The molecule has 0 unspecified atom stereocenters. The summed E-state index contributed by atoms with van der Waals surface area (Å²) >= 11 is 0. The van der Waals surface area contributed by atoms with Gasteiger partial charge in [0, 0.05) is 24.6 Å². The Morgan fingerprint density at radius 1 is 0.822 bits per heavy atom.